The molecule has 0 aromatic carbocycles. The summed E-state index contributed by atoms with van der Waals surface area (Å²) in [4.78, 5) is 59.6. The summed E-state index contributed by atoms with van der Waals surface area (Å²) < 4.78 is 0. The summed E-state index contributed by atoms with van der Waals surface area (Å²) in [5, 5.41) is 48.8. The van der Waals surface area contributed by atoms with Gasteiger partial charge in [0, 0.05) is 54.0 Å². The van der Waals surface area contributed by atoms with Gasteiger partial charge in [0.1, 0.15) is 18.1 Å². The standard InChI is InChI=1S/3C5H9NO4.2Cr/c3*6-3(5(9)10)1-2-4(7)8;;/h3*3H,1-2,6H2,(H,7,8)(H,9,10);;/t3*3-;;/m110../s1. The molecule has 0 saturated carbocycles. The molecule has 0 unspecified atom stereocenters. The molecular weight excluding hydrogens is 518 g/mol. The number of nitrogens with two attached hydrogens (primary N) is 3. The molecule has 0 rings (SSSR count). The Labute approximate surface area is 203 Å². The van der Waals surface area contributed by atoms with E-state index in [4.69, 9.17) is 47.8 Å². The second kappa shape index (κ2) is 23.4. The zero-order valence-corrected chi connectivity index (χ0v) is 19.2. The van der Waals surface area contributed by atoms with Crippen molar-refractivity contribution >= 4 is 35.8 Å². The van der Waals surface area contributed by atoms with Crippen molar-refractivity contribution in [1.82, 2.24) is 0 Å². The summed E-state index contributed by atoms with van der Waals surface area (Å²) in [6.07, 6.45) is -0.672. The molecule has 0 radical (unpaired) electrons. The Morgan fingerprint density at radius 2 is 0.625 bits per heavy atom. The molecule has 0 aromatic heterocycles. The van der Waals surface area contributed by atoms with Crippen LogP contribution in [-0.4, -0.2) is 84.6 Å². The zero-order valence-electron chi connectivity index (χ0n) is 16.7. The van der Waals surface area contributed by atoms with Crippen molar-refractivity contribution in [2.24, 2.45) is 17.2 Å². The van der Waals surface area contributed by atoms with Crippen LogP contribution in [0.3, 0.4) is 0 Å². The van der Waals surface area contributed by atoms with E-state index < -0.39 is 53.9 Å². The first-order chi connectivity index (χ1) is 13.6. The fraction of sp³-hybridized carbons (Fsp3) is 0.600. The number of aliphatic carboxylic acids is 6. The predicted octanol–water partition coefficient (Wildman–Crippen LogP) is -2.22. The van der Waals surface area contributed by atoms with Crippen LogP contribution >= 0.6 is 0 Å². The van der Waals surface area contributed by atoms with Crippen molar-refractivity contribution < 1.29 is 94.1 Å². The quantitative estimate of drug-likeness (QED) is 0.125. The minimum Gasteiger partial charge on any atom is -0.481 e. The first kappa shape index (κ1) is 40.2. The molecule has 0 amide bonds. The second-order valence-electron chi connectivity index (χ2n) is 5.63. The normalized spacial score (nSPS) is 11.7. The van der Waals surface area contributed by atoms with Gasteiger partial charge in [0.15, 0.2) is 0 Å². The van der Waals surface area contributed by atoms with Crippen molar-refractivity contribution in [2.45, 2.75) is 56.7 Å². The maximum Gasteiger partial charge on any atom is 0.320 e. The Kier molecular flexibility index (Phi) is 29.4. The van der Waals surface area contributed by atoms with Crippen molar-refractivity contribution in [3.05, 3.63) is 0 Å². The molecule has 0 fully saturated rings. The Bertz CT molecular complexity index is 525. The molecule has 3 atom stereocenters. The monoisotopic (exact) mass is 545 g/mol. The van der Waals surface area contributed by atoms with Crippen molar-refractivity contribution in [1.29, 1.82) is 0 Å². The van der Waals surface area contributed by atoms with Gasteiger partial charge in [0.05, 0.1) is 0 Å². The Balaban J connectivity index is -0.000000110. The van der Waals surface area contributed by atoms with Gasteiger partial charge in [0.25, 0.3) is 0 Å². The molecule has 0 heterocycles. The maximum absolute atomic E-state index is 9.99. The number of hydrogen-bond acceptors (Lipinski definition) is 9. The van der Waals surface area contributed by atoms with Crippen LogP contribution in [0.2, 0.25) is 0 Å². The molecule has 12 N–H and O–H groups in total. The molecule has 0 aliphatic rings. The fourth-order valence-corrected chi connectivity index (χ4v) is 1.21. The van der Waals surface area contributed by atoms with E-state index in [1.807, 2.05) is 0 Å². The minimum atomic E-state index is -1.17. The molecule has 0 spiro atoms. The maximum atomic E-state index is 9.99. The largest absolute Gasteiger partial charge is 0.481 e. The van der Waals surface area contributed by atoms with E-state index in [2.05, 4.69) is 0 Å². The van der Waals surface area contributed by atoms with E-state index >= 15 is 0 Å². The number of carbonyl (C=O) groups is 6. The first-order valence-corrected chi connectivity index (χ1v) is 8.22. The molecule has 32 heavy (non-hydrogen) atoms. The topological polar surface area (TPSA) is 302 Å². The molecule has 17 heteroatoms. The van der Waals surface area contributed by atoms with E-state index in [0.29, 0.717) is 0 Å². The molecule has 15 nitrogen and oxygen atoms in total. The molecular formula is C15H27Cr2N3O12. The Morgan fingerprint density at radius 3 is 0.719 bits per heavy atom. The van der Waals surface area contributed by atoms with E-state index in [1.54, 1.807) is 0 Å². The third-order valence-corrected chi connectivity index (χ3v) is 2.96. The minimum absolute atomic E-state index is 0. The Hall–Kier alpha value is -2.24. The van der Waals surface area contributed by atoms with Gasteiger partial charge in [-0.1, -0.05) is 0 Å². The molecule has 0 aliphatic carbocycles. The first-order valence-electron chi connectivity index (χ1n) is 8.22. The summed E-state index contributed by atoms with van der Waals surface area (Å²) in [5.74, 6) is -6.59. The summed E-state index contributed by atoms with van der Waals surface area (Å²) >= 11 is 0. The number of carboxylic acid groups (broad SMARTS) is 6. The van der Waals surface area contributed by atoms with Crippen LogP contribution in [0.5, 0.6) is 0 Å². The Morgan fingerprint density at radius 1 is 0.469 bits per heavy atom. The van der Waals surface area contributed by atoms with Crippen molar-refractivity contribution in [2.75, 3.05) is 0 Å². The van der Waals surface area contributed by atoms with E-state index in [0.717, 1.165) is 0 Å². The summed E-state index contributed by atoms with van der Waals surface area (Å²) in [6, 6.07) is -3.18. The van der Waals surface area contributed by atoms with Gasteiger partial charge >= 0.3 is 35.8 Å². The van der Waals surface area contributed by atoms with Crippen LogP contribution in [-0.2, 0) is 63.5 Å². The smallest absolute Gasteiger partial charge is 0.320 e. The second-order valence-corrected chi connectivity index (χ2v) is 5.63. The van der Waals surface area contributed by atoms with Gasteiger partial charge in [-0.2, -0.15) is 0 Å². The summed E-state index contributed by atoms with van der Waals surface area (Å²) in [7, 11) is 0. The number of carboxylic acids is 6. The number of hydrogen-bond donors (Lipinski definition) is 9. The SMILES string of the molecule is N[C@@H](CCC(=O)O)C(=O)O.N[C@H](CCC(=O)O)C(=O)O.N[C@H](CCC(=O)O)C(=O)O.[Cr].[Cr]. The molecule has 0 saturated heterocycles. The molecule has 0 bridgehead atoms. The summed E-state index contributed by atoms with van der Waals surface area (Å²) in [5.41, 5.74) is 15.0. The third-order valence-electron chi connectivity index (χ3n) is 2.96. The molecule has 0 aliphatic heterocycles. The van der Waals surface area contributed by atoms with Gasteiger partial charge in [-0.25, -0.2) is 0 Å². The predicted molar refractivity (Wildman–Crippen MR) is 97.4 cm³/mol. The van der Waals surface area contributed by atoms with Crippen LogP contribution in [0, 0.1) is 0 Å². The van der Waals surface area contributed by atoms with Gasteiger partial charge < -0.3 is 47.8 Å². The van der Waals surface area contributed by atoms with Crippen LogP contribution < -0.4 is 17.2 Å². The van der Waals surface area contributed by atoms with E-state index in [-0.39, 0.29) is 73.2 Å². The molecule has 186 valence electrons. The third kappa shape index (κ3) is 32.4. The number of rotatable bonds is 12. The fourth-order valence-electron chi connectivity index (χ4n) is 1.21. The summed E-state index contributed by atoms with van der Waals surface area (Å²) in [6.45, 7) is 0. The molecule has 0 aromatic rings. The van der Waals surface area contributed by atoms with Crippen molar-refractivity contribution in [3.8, 4) is 0 Å². The van der Waals surface area contributed by atoms with Crippen LogP contribution in [0.1, 0.15) is 38.5 Å². The van der Waals surface area contributed by atoms with Crippen LogP contribution in [0.15, 0.2) is 0 Å². The van der Waals surface area contributed by atoms with Gasteiger partial charge in [-0.15, -0.1) is 0 Å². The van der Waals surface area contributed by atoms with Crippen LogP contribution in [0.4, 0.5) is 0 Å². The van der Waals surface area contributed by atoms with E-state index in [1.165, 1.54) is 0 Å². The van der Waals surface area contributed by atoms with Gasteiger partial charge in [0.2, 0.25) is 0 Å². The van der Waals surface area contributed by atoms with Crippen molar-refractivity contribution in [3.63, 3.8) is 0 Å². The average molecular weight is 545 g/mol. The van der Waals surface area contributed by atoms with E-state index in [9.17, 15) is 28.8 Å². The van der Waals surface area contributed by atoms with Crippen LogP contribution in [0.25, 0.3) is 0 Å². The van der Waals surface area contributed by atoms with Gasteiger partial charge in [-0.3, -0.25) is 28.8 Å². The zero-order chi connectivity index (χ0) is 24.4. The average Bonchev–Trinajstić information content (AvgIpc) is 2.62. The van der Waals surface area contributed by atoms with Gasteiger partial charge in [-0.05, 0) is 19.3 Å².